The van der Waals surface area contributed by atoms with Gasteiger partial charge in [0, 0.05) is 14.2 Å². The van der Waals surface area contributed by atoms with Crippen LogP contribution in [0.25, 0.3) is 0 Å². The van der Waals surface area contributed by atoms with Crippen LogP contribution in [-0.4, -0.2) is 73.7 Å². The van der Waals surface area contributed by atoms with E-state index in [4.69, 9.17) is 9.47 Å². The van der Waals surface area contributed by atoms with Gasteiger partial charge in [-0.3, -0.25) is 14.4 Å². The summed E-state index contributed by atoms with van der Waals surface area (Å²) in [7, 11) is 5.01. The third-order valence-electron chi connectivity index (χ3n) is 5.98. The highest BCUT2D eigenvalue weighted by molar-refractivity contribution is 5.90. The van der Waals surface area contributed by atoms with Gasteiger partial charge in [-0.2, -0.15) is 0 Å². The summed E-state index contributed by atoms with van der Waals surface area (Å²) < 4.78 is 11.2. The molecule has 0 radical (unpaired) electrons. The van der Waals surface area contributed by atoms with E-state index < -0.39 is 23.8 Å². The Morgan fingerprint density at radius 3 is 1.85 bits per heavy atom. The van der Waals surface area contributed by atoms with Crippen LogP contribution in [0, 0.1) is 17.8 Å². The first kappa shape index (κ1) is 31.3. The number of carbonyl (C=O) groups excluding carboxylic acids is 3. The summed E-state index contributed by atoms with van der Waals surface area (Å²) >= 11 is 0. The van der Waals surface area contributed by atoms with Crippen molar-refractivity contribution < 1.29 is 23.9 Å². The van der Waals surface area contributed by atoms with Crippen LogP contribution in [0.3, 0.4) is 0 Å². The van der Waals surface area contributed by atoms with E-state index in [9.17, 15) is 14.4 Å². The maximum absolute atomic E-state index is 13.6. The van der Waals surface area contributed by atoms with Crippen LogP contribution in [0.15, 0.2) is 0 Å². The van der Waals surface area contributed by atoms with Crippen LogP contribution in [-0.2, 0) is 23.9 Å². The van der Waals surface area contributed by atoms with E-state index in [1.54, 1.807) is 26.1 Å². The maximum Gasteiger partial charge on any atom is 0.309 e. The lowest BCUT2D eigenvalue weighted by molar-refractivity contribution is -0.161. The zero-order valence-electron chi connectivity index (χ0n) is 22.9. The Hall–Kier alpha value is -1.67. The van der Waals surface area contributed by atoms with Gasteiger partial charge in [0.1, 0.15) is 11.6 Å². The van der Waals surface area contributed by atoms with Gasteiger partial charge in [-0.05, 0) is 45.6 Å². The summed E-state index contributed by atoms with van der Waals surface area (Å²) in [5.74, 6) is -0.742. The van der Waals surface area contributed by atoms with Crippen LogP contribution in [0.5, 0.6) is 0 Å². The minimum atomic E-state index is -0.692. The molecule has 0 aromatic carbocycles. The molecule has 1 unspecified atom stereocenters. The second-order valence-electron chi connectivity index (χ2n) is 10.6. The molecule has 0 heterocycles. The summed E-state index contributed by atoms with van der Waals surface area (Å²) in [5.41, 5.74) is -0.601. The third-order valence-corrected chi connectivity index (χ3v) is 5.98. The highest BCUT2D eigenvalue weighted by Gasteiger charge is 2.38. The third kappa shape index (κ3) is 10.0. The van der Waals surface area contributed by atoms with Crippen molar-refractivity contribution in [3.8, 4) is 0 Å². The molecule has 8 nitrogen and oxygen atoms in total. The zero-order valence-corrected chi connectivity index (χ0v) is 22.9. The molecule has 2 amide bonds. The molecule has 0 aliphatic carbocycles. The molecular formula is C25H49N3O5. The van der Waals surface area contributed by atoms with Crippen molar-refractivity contribution in [2.45, 2.75) is 105 Å². The van der Waals surface area contributed by atoms with Crippen molar-refractivity contribution in [3.63, 3.8) is 0 Å². The SMILES string of the molecule is CC[C@H](C)[C@@H]([C@@H](CC(=O)OC(C)(C)C)OC)N(C)C(=O)C(NC(=O)[C@@H](NC)C(C)C)C(C)C. The summed E-state index contributed by atoms with van der Waals surface area (Å²) in [5, 5.41) is 5.97. The molecular weight excluding hydrogens is 422 g/mol. The Balaban J connectivity index is 5.83. The van der Waals surface area contributed by atoms with Crippen molar-refractivity contribution in [1.29, 1.82) is 0 Å². The molecule has 5 atom stereocenters. The minimum Gasteiger partial charge on any atom is -0.460 e. The fourth-order valence-electron chi connectivity index (χ4n) is 4.02. The van der Waals surface area contributed by atoms with E-state index in [0.29, 0.717) is 0 Å². The smallest absolute Gasteiger partial charge is 0.309 e. The average Bonchev–Trinajstić information content (AvgIpc) is 2.68. The molecule has 0 rings (SSSR count). The Bertz CT molecular complexity index is 630. The molecule has 0 aliphatic rings. The highest BCUT2D eigenvalue weighted by atomic mass is 16.6. The van der Waals surface area contributed by atoms with E-state index in [2.05, 4.69) is 10.6 Å². The van der Waals surface area contributed by atoms with Gasteiger partial charge in [0.25, 0.3) is 0 Å². The van der Waals surface area contributed by atoms with Gasteiger partial charge >= 0.3 is 5.97 Å². The number of methoxy groups -OCH3 is 1. The van der Waals surface area contributed by atoms with Crippen molar-refractivity contribution in [3.05, 3.63) is 0 Å². The number of nitrogens with zero attached hydrogens (tertiary/aromatic N) is 1. The first-order chi connectivity index (χ1) is 15.1. The zero-order chi connectivity index (χ0) is 26.1. The Labute approximate surface area is 201 Å². The number of ether oxygens (including phenoxy) is 2. The van der Waals surface area contributed by atoms with Crippen LogP contribution >= 0.6 is 0 Å². The normalized spacial score (nSPS) is 16.7. The second kappa shape index (κ2) is 13.9. The molecule has 8 heteroatoms. The molecule has 194 valence electrons. The van der Waals surface area contributed by atoms with Gasteiger partial charge in [-0.15, -0.1) is 0 Å². The number of nitrogens with one attached hydrogen (secondary N) is 2. The number of hydrogen-bond donors (Lipinski definition) is 2. The van der Waals surface area contributed by atoms with Crippen molar-refractivity contribution >= 4 is 17.8 Å². The first-order valence-electron chi connectivity index (χ1n) is 12.1. The number of hydrogen-bond acceptors (Lipinski definition) is 6. The Morgan fingerprint density at radius 1 is 0.970 bits per heavy atom. The summed E-state index contributed by atoms with van der Waals surface area (Å²) in [4.78, 5) is 40.6. The van der Waals surface area contributed by atoms with Crippen molar-refractivity contribution in [2.24, 2.45) is 17.8 Å². The van der Waals surface area contributed by atoms with Crippen molar-refractivity contribution in [1.82, 2.24) is 15.5 Å². The average molecular weight is 472 g/mol. The van der Waals surface area contributed by atoms with Gasteiger partial charge in [0.05, 0.1) is 24.6 Å². The number of esters is 1. The predicted octanol–water partition coefficient (Wildman–Crippen LogP) is 2.99. The molecule has 0 fully saturated rings. The number of likely N-dealkylation sites (N-methyl/N-ethyl adjacent to an activating group) is 2. The van der Waals surface area contributed by atoms with Gasteiger partial charge in [0.15, 0.2) is 0 Å². The van der Waals surface area contributed by atoms with Gasteiger partial charge in [-0.25, -0.2) is 0 Å². The second-order valence-corrected chi connectivity index (χ2v) is 10.6. The van der Waals surface area contributed by atoms with E-state index >= 15 is 0 Å². The Morgan fingerprint density at radius 2 is 1.48 bits per heavy atom. The van der Waals surface area contributed by atoms with Gasteiger partial charge < -0.3 is 25.0 Å². The monoisotopic (exact) mass is 471 g/mol. The lowest BCUT2D eigenvalue weighted by Crippen LogP contribution is -2.59. The molecule has 0 saturated carbocycles. The largest absolute Gasteiger partial charge is 0.460 e. The molecule has 0 aromatic rings. The highest BCUT2D eigenvalue weighted by Crippen LogP contribution is 2.24. The lowest BCUT2D eigenvalue weighted by Gasteiger charge is -2.40. The van der Waals surface area contributed by atoms with E-state index in [0.717, 1.165) is 6.42 Å². The molecule has 0 aromatic heterocycles. The lowest BCUT2D eigenvalue weighted by atomic mass is 9.90. The molecule has 0 aliphatic heterocycles. The van der Waals surface area contributed by atoms with Crippen LogP contribution in [0.4, 0.5) is 0 Å². The molecule has 0 saturated heterocycles. The van der Waals surface area contributed by atoms with Crippen LogP contribution in [0.2, 0.25) is 0 Å². The summed E-state index contributed by atoms with van der Waals surface area (Å²) in [6, 6.07) is -1.44. The number of rotatable bonds is 13. The van der Waals surface area contributed by atoms with E-state index in [1.807, 2.05) is 62.3 Å². The fraction of sp³-hybridized carbons (Fsp3) is 0.880. The first-order valence-corrected chi connectivity index (χ1v) is 12.1. The van der Waals surface area contributed by atoms with Crippen molar-refractivity contribution in [2.75, 3.05) is 21.2 Å². The van der Waals surface area contributed by atoms with Gasteiger partial charge in [-0.1, -0.05) is 48.0 Å². The van der Waals surface area contributed by atoms with E-state index in [-0.39, 0.29) is 48.0 Å². The van der Waals surface area contributed by atoms with Crippen LogP contribution < -0.4 is 10.6 Å². The Kier molecular flexibility index (Phi) is 13.2. The fourth-order valence-corrected chi connectivity index (χ4v) is 4.02. The standard InChI is InChI=1S/C25H49N3O5/c1-13-17(6)22(18(32-12)14-19(29)33-25(7,8)9)28(11)24(31)21(16(4)5)27-23(30)20(26-10)15(2)3/h15-18,20-22,26H,13-14H2,1-12H3,(H,27,30)/t17-,18+,20-,21?,22-/m0/s1. The summed E-state index contributed by atoms with van der Waals surface area (Å²) in [6.07, 6.45) is 0.298. The number of amides is 2. The predicted molar refractivity (Wildman–Crippen MR) is 132 cm³/mol. The molecule has 0 bridgehead atoms. The molecule has 2 N–H and O–H groups in total. The number of carbonyl (C=O) groups is 3. The maximum atomic E-state index is 13.6. The molecule has 33 heavy (non-hydrogen) atoms. The van der Waals surface area contributed by atoms with Gasteiger partial charge in [0.2, 0.25) is 11.8 Å². The molecule has 0 spiro atoms. The topological polar surface area (TPSA) is 97.0 Å². The minimum absolute atomic E-state index is 0.0360. The quantitative estimate of drug-likeness (QED) is 0.401. The van der Waals surface area contributed by atoms with Crippen LogP contribution in [0.1, 0.15) is 75.2 Å². The van der Waals surface area contributed by atoms with E-state index in [1.165, 1.54) is 0 Å². The summed E-state index contributed by atoms with van der Waals surface area (Å²) in [6.45, 7) is 17.3.